The maximum Gasteiger partial charge on any atom is 0.142 e. The van der Waals surface area contributed by atoms with Gasteiger partial charge in [0.1, 0.15) is 11.9 Å². The summed E-state index contributed by atoms with van der Waals surface area (Å²) in [5.74, 6) is 0.965. The van der Waals surface area contributed by atoms with E-state index >= 15 is 0 Å². The molecule has 17 heavy (non-hydrogen) atoms. The Hall–Kier alpha value is -2.02. The fourth-order valence-corrected chi connectivity index (χ4v) is 2.09. The molecule has 0 spiro atoms. The van der Waals surface area contributed by atoms with E-state index in [1.54, 1.807) is 0 Å². The van der Waals surface area contributed by atoms with Crippen LogP contribution in [0.4, 0.5) is 0 Å². The minimum absolute atomic E-state index is 0.0337. The largest absolute Gasteiger partial charge is 0.481 e. The molecule has 1 aliphatic rings. The average molecular weight is 222 g/mol. The van der Waals surface area contributed by atoms with Gasteiger partial charge in [-0.25, -0.2) is 0 Å². The number of benzene rings is 2. The molecule has 1 aliphatic heterocycles. The summed E-state index contributed by atoms with van der Waals surface area (Å²) in [6.07, 6.45) is 4.28. The predicted molar refractivity (Wildman–Crippen MR) is 70.0 cm³/mol. The van der Waals surface area contributed by atoms with Gasteiger partial charge in [-0.15, -0.1) is 0 Å². The fraction of sp³-hybridized carbons (Fsp3) is 0.125. The van der Waals surface area contributed by atoms with Gasteiger partial charge in [-0.3, -0.25) is 0 Å². The van der Waals surface area contributed by atoms with E-state index in [2.05, 4.69) is 43.3 Å². The van der Waals surface area contributed by atoms with Crippen LogP contribution in [0.5, 0.6) is 5.75 Å². The molecule has 0 aromatic heterocycles. The fourth-order valence-electron chi connectivity index (χ4n) is 2.09. The van der Waals surface area contributed by atoms with Crippen molar-refractivity contribution in [1.82, 2.24) is 0 Å². The molecule has 0 N–H and O–H groups in total. The minimum Gasteiger partial charge on any atom is -0.481 e. The molecule has 0 saturated carbocycles. The van der Waals surface area contributed by atoms with Gasteiger partial charge in [0.25, 0.3) is 0 Å². The van der Waals surface area contributed by atoms with E-state index < -0.39 is 0 Å². The third-order valence-electron chi connectivity index (χ3n) is 3.00. The number of hydrogen-bond donors (Lipinski definition) is 0. The normalized spacial score (nSPS) is 17.4. The molecule has 1 heteroatoms. The predicted octanol–water partition coefficient (Wildman–Crippen LogP) is 4.14. The van der Waals surface area contributed by atoms with Crippen molar-refractivity contribution in [2.24, 2.45) is 0 Å². The van der Waals surface area contributed by atoms with Crippen LogP contribution in [0.15, 0.2) is 54.6 Å². The van der Waals surface area contributed by atoms with Gasteiger partial charge in [-0.05, 0) is 30.7 Å². The number of hydrogen-bond acceptors (Lipinski definition) is 1. The highest BCUT2D eigenvalue weighted by molar-refractivity contribution is 5.61. The molecule has 0 radical (unpaired) electrons. The van der Waals surface area contributed by atoms with Crippen LogP contribution < -0.4 is 4.74 Å². The first-order valence-electron chi connectivity index (χ1n) is 5.83. The van der Waals surface area contributed by atoms with Crippen LogP contribution in [0, 0.1) is 6.92 Å². The maximum atomic E-state index is 5.99. The highest BCUT2D eigenvalue weighted by atomic mass is 16.5. The van der Waals surface area contributed by atoms with Crippen molar-refractivity contribution in [2.75, 3.05) is 0 Å². The summed E-state index contributed by atoms with van der Waals surface area (Å²) in [6, 6.07) is 16.6. The lowest BCUT2D eigenvalue weighted by Crippen LogP contribution is -2.08. The Kier molecular flexibility index (Phi) is 2.45. The van der Waals surface area contributed by atoms with E-state index in [9.17, 15) is 0 Å². The Morgan fingerprint density at radius 1 is 1.00 bits per heavy atom. The molecule has 0 bridgehead atoms. The van der Waals surface area contributed by atoms with Crippen LogP contribution in [0.1, 0.15) is 22.8 Å². The van der Waals surface area contributed by atoms with Crippen molar-refractivity contribution in [3.63, 3.8) is 0 Å². The summed E-state index contributed by atoms with van der Waals surface area (Å²) < 4.78 is 5.99. The number of fused-ring (bicyclic) bond motifs is 1. The zero-order chi connectivity index (χ0) is 11.7. The third-order valence-corrected chi connectivity index (χ3v) is 3.00. The lowest BCUT2D eigenvalue weighted by molar-refractivity contribution is 0.251. The molecule has 0 amide bonds. The Morgan fingerprint density at radius 2 is 1.82 bits per heavy atom. The van der Waals surface area contributed by atoms with Crippen LogP contribution in [-0.2, 0) is 0 Å². The lowest BCUT2D eigenvalue weighted by atomic mass is 10.0. The molecule has 2 aromatic rings. The molecule has 0 fully saturated rings. The summed E-state index contributed by atoms with van der Waals surface area (Å²) in [5.41, 5.74) is 3.61. The van der Waals surface area contributed by atoms with E-state index in [4.69, 9.17) is 4.74 Å². The van der Waals surface area contributed by atoms with Gasteiger partial charge in [0.15, 0.2) is 0 Å². The molecule has 1 heterocycles. The summed E-state index contributed by atoms with van der Waals surface area (Å²) in [7, 11) is 0. The molecule has 2 aromatic carbocycles. The van der Waals surface area contributed by atoms with E-state index in [-0.39, 0.29) is 6.10 Å². The monoisotopic (exact) mass is 222 g/mol. The zero-order valence-corrected chi connectivity index (χ0v) is 9.76. The second-order valence-electron chi connectivity index (χ2n) is 4.35. The highest BCUT2D eigenvalue weighted by Gasteiger charge is 2.15. The SMILES string of the molecule is Cc1ccc2c(c1)C=C[C@@H](c1ccccc1)O2. The summed E-state index contributed by atoms with van der Waals surface area (Å²) in [5, 5.41) is 0. The first-order chi connectivity index (χ1) is 8.33. The molecule has 3 rings (SSSR count). The van der Waals surface area contributed by atoms with Gasteiger partial charge in [0, 0.05) is 5.56 Å². The van der Waals surface area contributed by atoms with E-state index in [1.165, 1.54) is 11.1 Å². The van der Waals surface area contributed by atoms with Crippen molar-refractivity contribution < 1.29 is 4.74 Å². The third kappa shape index (κ3) is 1.96. The summed E-state index contributed by atoms with van der Waals surface area (Å²) in [6.45, 7) is 2.09. The standard InChI is InChI=1S/C16H14O/c1-12-7-9-16-14(11-12)8-10-15(17-16)13-5-3-2-4-6-13/h2-11,15H,1H3/t15-/m0/s1. The van der Waals surface area contributed by atoms with Crippen LogP contribution in [0.3, 0.4) is 0 Å². The van der Waals surface area contributed by atoms with Gasteiger partial charge in [-0.1, -0.05) is 48.0 Å². The molecule has 84 valence electrons. The first-order valence-corrected chi connectivity index (χ1v) is 5.83. The Balaban J connectivity index is 1.94. The van der Waals surface area contributed by atoms with Gasteiger partial charge < -0.3 is 4.74 Å². The van der Waals surface area contributed by atoms with Crippen LogP contribution in [-0.4, -0.2) is 0 Å². The smallest absolute Gasteiger partial charge is 0.142 e. The topological polar surface area (TPSA) is 9.23 Å². The van der Waals surface area contributed by atoms with Gasteiger partial charge in [0.2, 0.25) is 0 Å². The van der Waals surface area contributed by atoms with Crippen molar-refractivity contribution in [1.29, 1.82) is 0 Å². The summed E-state index contributed by atoms with van der Waals surface area (Å²) >= 11 is 0. The second-order valence-corrected chi connectivity index (χ2v) is 4.35. The van der Waals surface area contributed by atoms with Gasteiger partial charge >= 0.3 is 0 Å². The Bertz CT molecular complexity index is 555. The summed E-state index contributed by atoms with van der Waals surface area (Å²) in [4.78, 5) is 0. The van der Waals surface area contributed by atoms with Crippen LogP contribution in [0.25, 0.3) is 6.08 Å². The van der Waals surface area contributed by atoms with Crippen molar-refractivity contribution in [2.45, 2.75) is 13.0 Å². The second kappa shape index (κ2) is 4.10. The van der Waals surface area contributed by atoms with E-state index in [0.717, 1.165) is 11.3 Å². The molecule has 0 saturated heterocycles. The van der Waals surface area contributed by atoms with Gasteiger partial charge in [0.05, 0.1) is 0 Å². The van der Waals surface area contributed by atoms with Crippen molar-refractivity contribution in [3.05, 3.63) is 71.3 Å². The molecule has 0 unspecified atom stereocenters. The number of rotatable bonds is 1. The van der Waals surface area contributed by atoms with Crippen LogP contribution >= 0.6 is 0 Å². The van der Waals surface area contributed by atoms with Crippen molar-refractivity contribution >= 4 is 6.08 Å². The number of aryl methyl sites for hydroxylation is 1. The molecular weight excluding hydrogens is 208 g/mol. The quantitative estimate of drug-likeness (QED) is 0.704. The molecule has 1 atom stereocenters. The minimum atomic E-state index is 0.0337. The molecule has 1 nitrogen and oxygen atoms in total. The molecular formula is C16H14O. The van der Waals surface area contributed by atoms with E-state index in [0.29, 0.717) is 0 Å². The zero-order valence-electron chi connectivity index (χ0n) is 9.76. The number of ether oxygens (including phenoxy) is 1. The van der Waals surface area contributed by atoms with Crippen molar-refractivity contribution in [3.8, 4) is 5.75 Å². The molecule has 0 aliphatic carbocycles. The maximum absolute atomic E-state index is 5.99. The lowest BCUT2D eigenvalue weighted by Gasteiger charge is -2.22. The Labute approximate surface area is 101 Å². The Morgan fingerprint density at radius 3 is 2.65 bits per heavy atom. The van der Waals surface area contributed by atoms with Crippen LogP contribution in [0.2, 0.25) is 0 Å². The van der Waals surface area contributed by atoms with E-state index in [1.807, 2.05) is 24.3 Å². The average Bonchev–Trinajstić information content (AvgIpc) is 2.39. The first kappa shape index (κ1) is 10.2. The highest BCUT2D eigenvalue weighted by Crippen LogP contribution is 2.32. The van der Waals surface area contributed by atoms with Gasteiger partial charge in [-0.2, -0.15) is 0 Å².